The van der Waals surface area contributed by atoms with E-state index in [0.717, 1.165) is 31.2 Å². The second-order valence-corrected chi connectivity index (χ2v) is 7.84. The Balaban J connectivity index is 2.71. The van der Waals surface area contributed by atoms with Gasteiger partial charge in [-0.1, -0.05) is 11.6 Å². The highest BCUT2D eigenvalue weighted by Gasteiger charge is 2.22. The van der Waals surface area contributed by atoms with Crippen molar-refractivity contribution in [3.05, 3.63) is 33.3 Å². The normalized spacial score (nSPS) is 11.6. The number of nitro benzene ring substituents is 1. The molecule has 1 aromatic rings. The first kappa shape index (κ1) is 21.3. The molecule has 0 bridgehead atoms. The maximum atomic E-state index is 12.2. The Morgan fingerprint density at radius 1 is 1.28 bits per heavy atom. The largest absolute Gasteiger partial charge is 0.345 e. The number of nitrogens with one attached hydrogen (secondary N) is 1. The minimum atomic E-state index is -4.06. The number of carbonyl (C=O) groups excluding carboxylic acids is 1. The summed E-state index contributed by atoms with van der Waals surface area (Å²) >= 11 is 5.66. The highest BCUT2D eigenvalue weighted by Crippen LogP contribution is 2.26. The number of halogens is 1. The first-order valence-electron chi connectivity index (χ1n) is 7.37. The van der Waals surface area contributed by atoms with Gasteiger partial charge in [-0.15, -0.1) is 0 Å². The fourth-order valence-electron chi connectivity index (χ4n) is 1.92. The van der Waals surface area contributed by atoms with Gasteiger partial charge in [0, 0.05) is 19.7 Å². The summed E-state index contributed by atoms with van der Waals surface area (Å²) in [7, 11) is 1.35. The predicted octanol–water partition coefficient (Wildman–Crippen LogP) is 0.937. The zero-order valence-corrected chi connectivity index (χ0v) is 15.8. The molecule has 1 N–H and O–H groups in total. The molecule has 0 radical (unpaired) electrons. The van der Waals surface area contributed by atoms with Gasteiger partial charge in [0.05, 0.1) is 16.4 Å². The molecule has 0 aliphatic rings. The fraction of sp³-hybridized carbons (Fsp3) is 0.500. The van der Waals surface area contributed by atoms with Gasteiger partial charge < -0.3 is 9.80 Å². The van der Waals surface area contributed by atoms with E-state index >= 15 is 0 Å². The number of benzene rings is 1. The monoisotopic (exact) mass is 392 g/mol. The summed E-state index contributed by atoms with van der Waals surface area (Å²) in [5.41, 5.74) is -0.517. The van der Waals surface area contributed by atoms with Gasteiger partial charge >= 0.3 is 0 Å². The van der Waals surface area contributed by atoms with Gasteiger partial charge in [0.2, 0.25) is 15.9 Å². The topological polar surface area (TPSA) is 113 Å². The average molecular weight is 393 g/mol. The Hall–Kier alpha value is -1.75. The van der Waals surface area contributed by atoms with Gasteiger partial charge in [0.15, 0.2) is 0 Å². The molecular weight excluding hydrogens is 372 g/mol. The molecule has 0 atom stereocenters. The van der Waals surface area contributed by atoms with Crippen molar-refractivity contribution in [2.75, 3.05) is 40.8 Å². The Morgan fingerprint density at radius 2 is 1.92 bits per heavy atom. The number of carbonyl (C=O) groups is 1. The molecule has 0 fully saturated rings. The highest BCUT2D eigenvalue weighted by atomic mass is 35.5. The number of hydrogen-bond donors (Lipinski definition) is 1. The molecule has 0 aliphatic carbocycles. The van der Waals surface area contributed by atoms with Crippen molar-refractivity contribution < 1.29 is 18.1 Å². The third-order valence-electron chi connectivity index (χ3n) is 3.36. The van der Waals surface area contributed by atoms with Crippen LogP contribution in [0.25, 0.3) is 0 Å². The number of hydrogen-bond acceptors (Lipinski definition) is 6. The molecular formula is C14H21ClN4O5S. The third kappa shape index (κ3) is 6.58. The molecule has 9 nitrogen and oxygen atoms in total. The zero-order chi connectivity index (χ0) is 19.2. The second-order valence-electron chi connectivity index (χ2n) is 5.67. The van der Waals surface area contributed by atoms with Crippen molar-refractivity contribution in [1.82, 2.24) is 14.5 Å². The summed E-state index contributed by atoms with van der Waals surface area (Å²) < 4.78 is 26.5. The lowest BCUT2D eigenvalue weighted by Crippen LogP contribution is -2.39. The van der Waals surface area contributed by atoms with Crippen LogP contribution in [0.3, 0.4) is 0 Å². The van der Waals surface area contributed by atoms with Crippen LogP contribution in [0.5, 0.6) is 0 Å². The van der Waals surface area contributed by atoms with Crippen molar-refractivity contribution in [2.45, 2.75) is 11.3 Å². The van der Waals surface area contributed by atoms with Gasteiger partial charge in [-0.3, -0.25) is 14.9 Å². The van der Waals surface area contributed by atoms with Crippen molar-refractivity contribution >= 4 is 33.2 Å². The van der Waals surface area contributed by atoms with Crippen LogP contribution < -0.4 is 4.72 Å². The second kappa shape index (κ2) is 9.09. The SMILES string of the molecule is CN(C)CCCN(C)C(=O)CNS(=O)(=O)c1ccc(Cl)c([N+](=O)[O-])c1. The standard InChI is InChI=1S/C14H21ClN4O5S/c1-17(2)7-4-8-18(3)14(20)10-16-25(23,24)11-5-6-12(15)13(9-11)19(21)22/h5-6,9,16H,4,7-8,10H2,1-3H3. The van der Waals surface area contributed by atoms with Gasteiger partial charge in [-0.2, -0.15) is 0 Å². The lowest BCUT2D eigenvalue weighted by molar-refractivity contribution is -0.384. The van der Waals surface area contributed by atoms with E-state index in [-0.39, 0.29) is 9.92 Å². The van der Waals surface area contributed by atoms with Crippen LogP contribution in [-0.2, 0) is 14.8 Å². The molecule has 0 aromatic heterocycles. The van der Waals surface area contributed by atoms with Crippen molar-refractivity contribution in [2.24, 2.45) is 0 Å². The van der Waals surface area contributed by atoms with E-state index in [9.17, 15) is 23.3 Å². The van der Waals surface area contributed by atoms with E-state index in [1.807, 2.05) is 19.0 Å². The highest BCUT2D eigenvalue weighted by molar-refractivity contribution is 7.89. The number of amides is 1. The van der Waals surface area contributed by atoms with Crippen molar-refractivity contribution in [1.29, 1.82) is 0 Å². The van der Waals surface area contributed by atoms with Gasteiger partial charge in [-0.25, -0.2) is 13.1 Å². The smallest absolute Gasteiger partial charge is 0.289 e. The lowest BCUT2D eigenvalue weighted by Gasteiger charge is -2.18. The molecule has 0 unspecified atom stereocenters. The molecule has 0 aliphatic heterocycles. The molecule has 1 rings (SSSR count). The summed E-state index contributed by atoms with van der Waals surface area (Å²) in [5, 5.41) is 10.7. The van der Waals surface area contributed by atoms with Gasteiger partial charge in [-0.05, 0) is 39.2 Å². The Bertz CT molecular complexity index is 739. The van der Waals surface area contributed by atoms with Crippen molar-refractivity contribution in [3.63, 3.8) is 0 Å². The summed E-state index contributed by atoms with van der Waals surface area (Å²) in [6.45, 7) is 0.861. The molecule has 0 saturated carbocycles. The maximum absolute atomic E-state index is 12.2. The first-order chi connectivity index (χ1) is 11.5. The molecule has 1 amide bonds. The molecule has 11 heteroatoms. The van der Waals surface area contributed by atoms with Crippen LogP contribution in [0, 0.1) is 10.1 Å². The van der Waals surface area contributed by atoms with Crippen LogP contribution in [0.1, 0.15) is 6.42 Å². The van der Waals surface area contributed by atoms with Crippen LogP contribution in [-0.4, -0.2) is 69.8 Å². The van der Waals surface area contributed by atoms with Crippen LogP contribution in [0.2, 0.25) is 5.02 Å². The zero-order valence-electron chi connectivity index (χ0n) is 14.2. The molecule has 0 heterocycles. The minimum absolute atomic E-state index is 0.166. The lowest BCUT2D eigenvalue weighted by atomic mass is 10.3. The summed E-state index contributed by atoms with van der Waals surface area (Å²) in [6, 6.07) is 3.13. The molecule has 0 spiro atoms. The first-order valence-corrected chi connectivity index (χ1v) is 9.23. The summed E-state index contributed by atoms with van der Waals surface area (Å²) in [5.74, 6) is -0.397. The number of rotatable bonds is 9. The minimum Gasteiger partial charge on any atom is -0.345 e. The van der Waals surface area contributed by atoms with Crippen LogP contribution in [0.15, 0.2) is 23.1 Å². The summed E-state index contributed by atoms with van der Waals surface area (Å²) in [4.78, 5) is 25.1. The third-order valence-corrected chi connectivity index (χ3v) is 5.08. The Labute approximate surface area is 151 Å². The van der Waals surface area contributed by atoms with E-state index in [4.69, 9.17) is 11.6 Å². The van der Waals surface area contributed by atoms with Crippen LogP contribution >= 0.6 is 11.6 Å². The quantitative estimate of drug-likeness (QED) is 0.494. The molecule has 0 saturated heterocycles. The van der Waals surface area contributed by atoms with E-state index in [0.29, 0.717) is 6.54 Å². The number of nitro groups is 1. The molecule has 25 heavy (non-hydrogen) atoms. The Morgan fingerprint density at radius 3 is 2.48 bits per heavy atom. The fourth-order valence-corrected chi connectivity index (χ4v) is 3.10. The number of nitrogens with zero attached hydrogens (tertiary/aromatic N) is 3. The average Bonchev–Trinajstić information content (AvgIpc) is 2.52. The predicted molar refractivity (Wildman–Crippen MR) is 94.1 cm³/mol. The van der Waals surface area contributed by atoms with Crippen LogP contribution in [0.4, 0.5) is 5.69 Å². The van der Waals surface area contributed by atoms with E-state index in [2.05, 4.69) is 4.72 Å². The number of sulfonamides is 1. The van der Waals surface area contributed by atoms with E-state index in [1.54, 1.807) is 7.05 Å². The summed E-state index contributed by atoms with van der Waals surface area (Å²) in [6.07, 6.45) is 0.755. The van der Waals surface area contributed by atoms with E-state index in [1.165, 1.54) is 4.90 Å². The maximum Gasteiger partial charge on any atom is 0.289 e. The van der Waals surface area contributed by atoms with Crippen molar-refractivity contribution in [3.8, 4) is 0 Å². The molecule has 1 aromatic carbocycles. The number of likely N-dealkylation sites (N-methyl/N-ethyl adjacent to an activating group) is 1. The van der Waals surface area contributed by atoms with Gasteiger partial charge in [0.1, 0.15) is 5.02 Å². The van der Waals surface area contributed by atoms with E-state index < -0.39 is 33.1 Å². The Kier molecular flexibility index (Phi) is 7.74. The van der Waals surface area contributed by atoms with Gasteiger partial charge in [0.25, 0.3) is 5.69 Å². The molecule has 140 valence electrons.